The van der Waals surface area contributed by atoms with Crippen LogP contribution in [0.15, 0.2) is 36.9 Å². The summed E-state index contributed by atoms with van der Waals surface area (Å²) in [6, 6.07) is 8.49. The third-order valence-corrected chi connectivity index (χ3v) is 1.87. The van der Waals surface area contributed by atoms with Crippen LogP contribution in [0.25, 0.3) is 5.69 Å². The van der Waals surface area contributed by atoms with Gasteiger partial charge in [0.05, 0.1) is 17.0 Å². The molecule has 1 aromatic heterocycles. The monoisotopic (exact) mass is 177 g/mol. The smallest absolute Gasteiger partial charge is 0.0992 e. The highest BCUT2D eigenvalue weighted by molar-refractivity contribution is 6.32. The zero-order valence-electron chi connectivity index (χ0n) is 6.24. The van der Waals surface area contributed by atoms with Crippen LogP contribution in [0.2, 0.25) is 5.02 Å². The molecule has 3 heteroatoms. The van der Waals surface area contributed by atoms with E-state index < -0.39 is 0 Å². The van der Waals surface area contributed by atoms with Crippen LogP contribution in [0.4, 0.5) is 0 Å². The van der Waals surface area contributed by atoms with Crippen LogP contribution in [0.3, 0.4) is 0 Å². The van der Waals surface area contributed by atoms with Crippen LogP contribution in [-0.2, 0) is 0 Å². The van der Waals surface area contributed by atoms with Crippen molar-refractivity contribution in [2.75, 3.05) is 0 Å². The average Bonchev–Trinajstić information content (AvgIpc) is 2.57. The molecular weight excluding hydrogens is 172 g/mol. The molecule has 0 aliphatic carbocycles. The summed E-state index contributed by atoms with van der Waals surface area (Å²) < 4.78 is 1.85. The average molecular weight is 178 g/mol. The lowest BCUT2D eigenvalue weighted by Crippen LogP contribution is -1.89. The third-order valence-electron chi connectivity index (χ3n) is 1.57. The number of hydrogen-bond acceptors (Lipinski definition) is 1. The Balaban J connectivity index is 2.55. The van der Waals surface area contributed by atoms with Gasteiger partial charge in [-0.05, 0) is 6.07 Å². The van der Waals surface area contributed by atoms with Gasteiger partial charge in [-0.15, -0.1) is 0 Å². The summed E-state index contributed by atoms with van der Waals surface area (Å²) in [6.07, 6.45) is 5.26. The Kier molecular flexibility index (Phi) is 1.84. The minimum atomic E-state index is 0.607. The predicted molar refractivity (Wildman–Crippen MR) is 47.4 cm³/mol. The fraction of sp³-hybridized carbons (Fsp3) is 0. The maximum absolute atomic E-state index is 5.91. The van der Waals surface area contributed by atoms with Crippen molar-refractivity contribution in [3.63, 3.8) is 0 Å². The summed E-state index contributed by atoms with van der Waals surface area (Å²) in [6.45, 7) is 0. The van der Waals surface area contributed by atoms with E-state index in [1.165, 1.54) is 0 Å². The van der Waals surface area contributed by atoms with Crippen molar-refractivity contribution in [1.82, 2.24) is 9.55 Å². The maximum atomic E-state index is 5.91. The summed E-state index contributed by atoms with van der Waals surface area (Å²) in [5, 5.41) is 0.607. The second-order valence-electron chi connectivity index (χ2n) is 2.34. The SMILES string of the molecule is Clc1[c]cccc1-n1ccnc1. The van der Waals surface area contributed by atoms with Gasteiger partial charge in [0.15, 0.2) is 0 Å². The van der Waals surface area contributed by atoms with Crippen molar-refractivity contribution in [1.29, 1.82) is 0 Å². The molecule has 1 radical (unpaired) electrons. The molecule has 0 unspecified atom stereocenters. The number of halogens is 1. The molecule has 59 valence electrons. The van der Waals surface area contributed by atoms with Crippen LogP contribution < -0.4 is 0 Å². The number of nitrogens with zero attached hydrogens (tertiary/aromatic N) is 2. The number of benzene rings is 1. The summed E-state index contributed by atoms with van der Waals surface area (Å²) in [4.78, 5) is 3.93. The highest BCUT2D eigenvalue weighted by Gasteiger charge is 1.98. The van der Waals surface area contributed by atoms with Crippen LogP contribution in [0, 0.1) is 6.07 Å². The predicted octanol–water partition coefficient (Wildman–Crippen LogP) is 2.33. The van der Waals surface area contributed by atoms with Crippen LogP contribution >= 0.6 is 11.6 Å². The fourth-order valence-corrected chi connectivity index (χ4v) is 1.23. The standard InChI is InChI=1S/C9H6ClN2/c10-8-3-1-2-4-9(8)12-6-5-11-7-12/h1-2,4-7H. The van der Waals surface area contributed by atoms with E-state index in [0.29, 0.717) is 5.02 Å². The van der Waals surface area contributed by atoms with Gasteiger partial charge in [0.1, 0.15) is 0 Å². The Labute approximate surface area is 75.4 Å². The quantitative estimate of drug-likeness (QED) is 0.654. The van der Waals surface area contributed by atoms with Crippen LogP contribution in [-0.4, -0.2) is 9.55 Å². The highest BCUT2D eigenvalue weighted by Crippen LogP contribution is 2.17. The van der Waals surface area contributed by atoms with E-state index in [0.717, 1.165) is 5.69 Å². The van der Waals surface area contributed by atoms with E-state index in [1.807, 2.05) is 22.9 Å². The van der Waals surface area contributed by atoms with Gasteiger partial charge in [0.25, 0.3) is 0 Å². The molecule has 2 aromatic rings. The minimum absolute atomic E-state index is 0.607. The molecule has 0 N–H and O–H groups in total. The first-order valence-electron chi connectivity index (χ1n) is 3.52. The van der Waals surface area contributed by atoms with Crippen molar-refractivity contribution in [2.24, 2.45) is 0 Å². The summed E-state index contributed by atoms with van der Waals surface area (Å²) in [5.41, 5.74) is 0.900. The molecule has 2 nitrogen and oxygen atoms in total. The van der Waals surface area contributed by atoms with Crippen molar-refractivity contribution in [3.8, 4) is 5.69 Å². The van der Waals surface area contributed by atoms with E-state index in [-0.39, 0.29) is 0 Å². The molecular formula is C9H6ClN2. The van der Waals surface area contributed by atoms with Gasteiger partial charge in [-0.1, -0.05) is 23.7 Å². The van der Waals surface area contributed by atoms with E-state index in [9.17, 15) is 0 Å². The molecule has 0 saturated carbocycles. The molecule has 0 bridgehead atoms. The zero-order valence-corrected chi connectivity index (χ0v) is 6.99. The topological polar surface area (TPSA) is 17.8 Å². The fourth-order valence-electron chi connectivity index (χ4n) is 1.01. The normalized spacial score (nSPS) is 10.1. The summed E-state index contributed by atoms with van der Waals surface area (Å²) in [5.74, 6) is 0. The summed E-state index contributed by atoms with van der Waals surface area (Å²) >= 11 is 5.91. The van der Waals surface area contributed by atoms with Gasteiger partial charge in [0, 0.05) is 18.5 Å². The van der Waals surface area contributed by atoms with Gasteiger partial charge in [-0.3, -0.25) is 0 Å². The molecule has 0 aliphatic heterocycles. The molecule has 0 saturated heterocycles. The first-order valence-corrected chi connectivity index (χ1v) is 3.90. The molecule has 12 heavy (non-hydrogen) atoms. The van der Waals surface area contributed by atoms with E-state index in [4.69, 9.17) is 11.6 Å². The van der Waals surface area contributed by atoms with Gasteiger partial charge in [0.2, 0.25) is 0 Å². The molecule has 1 aromatic carbocycles. The lowest BCUT2D eigenvalue weighted by atomic mass is 10.3. The van der Waals surface area contributed by atoms with E-state index in [1.54, 1.807) is 18.6 Å². The van der Waals surface area contributed by atoms with E-state index in [2.05, 4.69) is 11.1 Å². The first kappa shape index (κ1) is 7.37. The molecule has 1 heterocycles. The second kappa shape index (κ2) is 2.99. The van der Waals surface area contributed by atoms with E-state index >= 15 is 0 Å². The number of aromatic nitrogens is 2. The number of imidazole rings is 1. The van der Waals surface area contributed by atoms with Gasteiger partial charge >= 0.3 is 0 Å². The van der Waals surface area contributed by atoms with Crippen molar-refractivity contribution in [2.45, 2.75) is 0 Å². The first-order chi connectivity index (χ1) is 5.88. The Bertz CT molecular complexity index is 368. The lowest BCUT2D eigenvalue weighted by molar-refractivity contribution is 1.06. The van der Waals surface area contributed by atoms with Crippen molar-refractivity contribution < 1.29 is 0 Å². The van der Waals surface area contributed by atoms with Crippen molar-refractivity contribution >= 4 is 11.6 Å². The third kappa shape index (κ3) is 1.21. The Morgan fingerprint density at radius 1 is 1.50 bits per heavy atom. The largest absolute Gasteiger partial charge is 0.305 e. The van der Waals surface area contributed by atoms with Crippen LogP contribution in [0.5, 0.6) is 0 Å². The molecule has 2 rings (SSSR count). The highest BCUT2D eigenvalue weighted by atomic mass is 35.5. The molecule has 0 amide bonds. The van der Waals surface area contributed by atoms with Gasteiger partial charge < -0.3 is 4.57 Å². The van der Waals surface area contributed by atoms with Crippen molar-refractivity contribution in [3.05, 3.63) is 48.0 Å². The Morgan fingerprint density at radius 3 is 3.08 bits per heavy atom. The maximum Gasteiger partial charge on any atom is 0.0992 e. The molecule has 0 aliphatic rings. The molecule has 0 fully saturated rings. The Morgan fingerprint density at radius 2 is 2.42 bits per heavy atom. The Hall–Kier alpha value is -1.28. The number of rotatable bonds is 1. The lowest BCUT2D eigenvalue weighted by Gasteiger charge is -2.02. The zero-order chi connectivity index (χ0) is 8.39. The van der Waals surface area contributed by atoms with Gasteiger partial charge in [-0.2, -0.15) is 0 Å². The minimum Gasteiger partial charge on any atom is -0.305 e. The second-order valence-corrected chi connectivity index (χ2v) is 2.72. The summed E-state index contributed by atoms with van der Waals surface area (Å²) in [7, 11) is 0. The van der Waals surface area contributed by atoms with Crippen LogP contribution in [0.1, 0.15) is 0 Å². The number of hydrogen-bond donors (Lipinski definition) is 0. The molecule has 0 spiro atoms. The van der Waals surface area contributed by atoms with Gasteiger partial charge in [-0.25, -0.2) is 4.98 Å². The molecule has 0 atom stereocenters.